The molecule has 5 aromatic rings. The number of amides is 5. The van der Waals surface area contributed by atoms with E-state index in [1.165, 1.54) is 28.9 Å². The lowest BCUT2D eigenvalue weighted by Crippen LogP contribution is -2.55. The van der Waals surface area contributed by atoms with Gasteiger partial charge in [-0.3, -0.25) is 24.4 Å². The van der Waals surface area contributed by atoms with Crippen LogP contribution in [0.4, 0.5) is 34.1 Å². The molecule has 68 heavy (non-hydrogen) atoms. The van der Waals surface area contributed by atoms with Gasteiger partial charge in [-0.25, -0.2) is 29.5 Å². The molecule has 3 aromatic carbocycles. The van der Waals surface area contributed by atoms with E-state index in [2.05, 4.69) is 110 Å². The Bertz CT molecular complexity index is 2600. The largest absolute Gasteiger partial charge is 0.451 e. The van der Waals surface area contributed by atoms with E-state index in [1.807, 2.05) is 18.2 Å². The Morgan fingerprint density at radius 2 is 1.15 bits per heavy atom. The molecule has 2 saturated heterocycles. The van der Waals surface area contributed by atoms with Gasteiger partial charge in [0, 0.05) is 28.7 Å². The van der Waals surface area contributed by atoms with Crippen molar-refractivity contribution in [2.75, 3.05) is 50.6 Å². The molecule has 10 rings (SSSR count). The summed E-state index contributed by atoms with van der Waals surface area (Å²) in [5.74, 6) is -0.458. The molecule has 4 heterocycles. The van der Waals surface area contributed by atoms with Crippen molar-refractivity contribution in [2.24, 2.45) is 11.7 Å². The minimum Gasteiger partial charge on any atom is -0.366 e. The normalized spacial score (nSPS) is 25.9. The van der Waals surface area contributed by atoms with E-state index in [0.717, 1.165) is 76.2 Å². The molecule has 3 aliphatic carbocycles. The number of hydrogen-bond acceptors (Lipinski definition) is 9. The second-order valence-electron chi connectivity index (χ2n) is 19.6. The molecule has 0 bridgehead atoms. The molecule has 17 heteroatoms. The molecule has 14 nitrogen and oxygen atoms in total. The smallest absolute Gasteiger partial charge is 0.366 e. The summed E-state index contributed by atoms with van der Waals surface area (Å²) >= 11 is 0. The van der Waals surface area contributed by atoms with Crippen LogP contribution in [0, 0.1) is 5.92 Å². The van der Waals surface area contributed by atoms with Crippen molar-refractivity contribution in [3.8, 4) is 11.4 Å². The van der Waals surface area contributed by atoms with Crippen LogP contribution in [0.5, 0.6) is 0 Å². The van der Waals surface area contributed by atoms with E-state index in [4.69, 9.17) is 5.73 Å². The summed E-state index contributed by atoms with van der Waals surface area (Å²) in [7, 11) is 6.49. The van der Waals surface area contributed by atoms with Gasteiger partial charge >= 0.3 is 18.2 Å². The molecule has 0 unspecified atom stereocenters. The molecule has 2 aliphatic heterocycles. The van der Waals surface area contributed by atoms with E-state index >= 15 is 0 Å². The highest BCUT2D eigenvalue weighted by Crippen LogP contribution is 2.49. The Morgan fingerprint density at radius 1 is 0.676 bits per heavy atom. The van der Waals surface area contributed by atoms with Gasteiger partial charge in [0.25, 0.3) is 0 Å². The highest BCUT2D eigenvalue weighted by molar-refractivity contribution is 5.96. The quantitative estimate of drug-likeness (QED) is 0.125. The fourth-order valence-corrected chi connectivity index (χ4v) is 11.0. The van der Waals surface area contributed by atoms with Gasteiger partial charge in [-0.05, 0) is 115 Å². The molecule has 4 N–H and O–H groups in total. The van der Waals surface area contributed by atoms with E-state index in [9.17, 15) is 27.6 Å². The number of primary amides is 1. The first-order chi connectivity index (χ1) is 32.5. The molecule has 5 fully saturated rings. The van der Waals surface area contributed by atoms with Gasteiger partial charge in [0.1, 0.15) is 0 Å². The number of anilines is 2. The molecular formula is C51H58F3N11O3. The fraction of sp³-hybridized carbons (Fsp3) is 0.431. The zero-order valence-corrected chi connectivity index (χ0v) is 38.7. The number of urea groups is 2. The van der Waals surface area contributed by atoms with Crippen LogP contribution < -0.4 is 26.2 Å². The Morgan fingerprint density at radius 3 is 1.60 bits per heavy atom. The molecule has 0 radical (unpaired) electrons. The zero-order valence-electron chi connectivity index (χ0n) is 38.7. The van der Waals surface area contributed by atoms with Gasteiger partial charge < -0.3 is 16.4 Å². The summed E-state index contributed by atoms with van der Waals surface area (Å²) < 4.78 is 38.4. The van der Waals surface area contributed by atoms with Gasteiger partial charge in [0.05, 0.1) is 60.3 Å². The molecule has 356 valence electrons. The molecule has 2 aromatic heterocycles. The maximum absolute atomic E-state index is 13.0. The predicted octanol–water partition coefficient (Wildman–Crippen LogP) is 8.12. The lowest BCUT2D eigenvalue weighted by Gasteiger charge is -2.50. The van der Waals surface area contributed by atoms with E-state index in [-0.39, 0.29) is 34.4 Å². The van der Waals surface area contributed by atoms with Gasteiger partial charge in [-0.15, -0.1) is 0 Å². The SMILES string of the molecule is CN(C)C1(c2ccccc2)CCC2(CC1)CN(c1cnc(-c3cccc(C(N)=O)c3)nc1)C(=O)N2.CN(CC1CC1)C1(c2ccccc2)CCC2(CC1)CN(c1cnc(C(F)(F)F)nc1)C(=O)N2. The van der Waals surface area contributed by atoms with Crippen LogP contribution in [-0.4, -0.2) is 99.6 Å². The lowest BCUT2D eigenvalue weighted by atomic mass is 9.68. The van der Waals surface area contributed by atoms with Crippen molar-refractivity contribution < 1.29 is 27.6 Å². The van der Waals surface area contributed by atoms with Crippen molar-refractivity contribution in [2.45, 2.75) is 92.5 Å². The minimum absolute atomic E-state index is 0.0329. The first kappa shape index (κ1) is 46.6. The number of carbonyl (C=O) groups excluding carboxylic acids is 3. The van der Waals surface area contributed by atoms with Crippen LogP contribution in [0.1, 0.15) is 91.5 Å². The zero-order chi connectivity index (χ0) is 47.9. The number of halogens is 3. The standard InChI is InChI=1S/C27H30N6O2.C24H28F3N5O/c1-32(2)27(21-9-4-3-5-10-21)13-11-26(12-14-27)18-33(25(35)31-26)22-16-29-24(30-17-22)20-8-6-7-19(15-20)23(28)34;1-31(15-17-7-8-17)23(18-5-3-2-4-6-18)11-9-22(10-12-23)16-32(21(33)30-22)19-13-28-20(29-14-19)24(25,26)27/h3-10,15-17H,11-14,18H2,1-2H3,(H2,28,34)(H,31,35);2-6,13-14,17H,7-12,15-16H2,1H3,(H,30,33). The molecule has 0 atom stereocenters. The van der Waals surface area contributed by atoms with Crippen LogP contribution in [0.15, 0.2) is 110 Å². The number of aromatic nitrogens is 4. The average Bonchev–Trinajstić information content (AvgIpc) is 4.03. The number of nitrogens with zero attached hydrogens (tertiary/aromatic N) is 8. The number of benzene rings is 3. The first-order valence-electron chi connectivity index (χ1n) is 23.3. The topological polar surface area (TPSA) is 166 Å². The van der Waals surface area contributed by atoms with E-state index in [1.54, 1.807) is 35.5 Å². The first-order valence-corrected chi connectivity index (χ1v) is 23.3. The van der Waals surface area contributed by atoms with Crippen molar-refractivity contribution in [1.82, 2.24) is 40.4 Å². The third-order valence-corrected chi connectivity index (χ3v) is 15.2. The van der Waals surface area contributed by atoms with Gasteiger partial charge in [0.2, 0.25) is 11.7 Å². The van der Waals surface area contributed by atoms with Crippen molar-refractivity contribution in [3.05, 3.63) is 132 Å². The predicted molar refractivity (Wildman–Crippen MR) is 252 cm³/mol. The maximum atomic E-state index is 13.0. The highest BCUT2D eigenvalue weighted by atomic mass is 19.4. The van der Waals surface area contributed by atoms with Crippen LogP contribution >= 0.6 is 0 Å². The third-order valence-electron chi connectivity index (χ3n) is 15.2. The summed E-state index contributed by atoms with van der Waals surface area (Å²) in [6, 6.07) is 27.7. The highest BCUT2D eigenvalue weighted by Gasteiger charge is 2.52. The van der Waals surface area contributed by atoms with Crippen LogP contribution in [-0.2, 0) is 17.3 Å². The Balaban J connectivity index is 0.000000170. The summed E-state index contributed by atoms with van der Waals surface area (Å²) in [6.45, 7) is 2.06. The number of nitrogens with two attached hydrogens (primary N) is 1. The second-order valence-corrected chi connectivity index (χ2v) is 19.6. The summed E-state index contributed by atoms with van der Waals surface area (Å²) in [6.07, 6.45) is 10.5. The lowest BCUT2D eigenvalue weighted by molar-refractivity contribution is -0.145. The van der Waals surface area contributed by atoms with Crippen LogP contribution in [0.25, 0.3) is 11.4 Å². The van der Waals surface area contributed by atoms with Crippen molar-refractivity contribution in [3.63, 3.8) is 0 Å². The number of nitrogens with one attached hydrogen (secondary N) is 2. The number of carbonyl (C=O) groups is 3. The Labute approximate surface area is 394 Å². The average molecular weight is 930 g/mol. The number of hydrogen-bond donors (Lipinski definition) is 3. The van der Waals surface area contributed by atoms with Gasteiger partial charge in [0.15, 0.2) is 5.82 Å². The van der Waals surface area contributed by atoms with Gasteiger partial charge in [-0.1, -0.05) is 72.8 Å². The third kappa shape index (κ3) is 9.25. The summed E-state index contributed by atoms with van der Waals surface area (Å²) in [4.78, 5) is 61.0. The van der Waals surface area contributed by atoms with Crippen molar-refractivity contribution in [1.29, 1.82) is 0 Å². The minimum atomic E-state index is -4.61. The molecule has 3 saturated carbocycles. The summed E-state index contributed by atoms with van der Waals surface area (Å²) in [5, 5.41) is 6.41. The molecule has 5 aliphatic rings. The second kappa shape index (κ2) is 18.2. The number of alkyl halides is 3. The molecule has 2 spiro atoms. The Kier molecular flexibility index (Phi) is 12.5. The maximum Gasteiger partial charge on any atom is 0.451 e. The molecule has 5 amide bonds. The van der Waals surface area contributed by atoms with E-state index in [0.29, 0.717) is 35.7 Å². The summed E-state index contributed by atoms with van der Waals surface area (Å²) in [5.41, 5.74) is 9.27. The van der Waals surface area contributed by atoms with Gasteiger partial charge in [-0.2, -0.15) is 13.2 Å². The van der Waals surface area contributed by atoms with E-state index < -0.39 is 23.4 Å². The van der Waals surface area contributed by atoms with Crippen molar-refractivity contribution >= 4 is 29.3 Å². The monoisotopic (exact) mass is 929 g/mol. The molecular weight excluding hydrogens is 872 g/mol. The fourth-order valence-electron chi connectivity index (χ4n) is 11.0. The Hall–Kier alpha value is -6.46. The number of rotatable bonds is 10. The van der Waals surface area contributed by atoms with Crippen LogP contribution in [0.2, 0.25) is 0 Å². The van der Waals surface area contributed by atoms with Crippen LogP contribution in [0.3, 0.4) is 0 Å².